The second kappa shape index (κ2) is 9.37. The average Bonchev–Trinajstić information content (AvgIpc) is 3.20. The fourth-order valence-corrected chi connectivity index (χ4v) is 3.84. The summed E-state index contributed by atoms with van der Waals surface area (Å²) in [4.78, 5) is 9.80. The van der Waals surface area contributed by atoms with Crippen LogP contribution in [0.5, 0.6) is 5.75 Å². The number of methoxy groups -OCH3 is 1. The van der Waals surface area contributed by atoms with Crippen molar-refractivity contribution >= 4 is 34.2 Å². The predicted octanol–water partition coefficient (Wildman–Crippen LogP) is 4.47. The van der Waals surface area contributed by atoms with E-state index in [9.17, 15) is 4.55 Å². The Bertz CT molecular complexity index is 1250. The van der Waals surface area contributed by atoms with Crippen LogP contribution in [0.2, 0.25) is 0 Å². The number of hydrazone groups is 1. The molecule has 4 rings (SSSR count). The van der Waals surface area contributed by atoms with Crippen LogP contribution in [0.1, 0.15) is 31.0 Å². The van der Waals surface area contributed by atoms with Gasteiger partial charge in [0.2, 0.25) is 0 Å². The van der Waals surface area contributed by atoms with Crippen LogP contribution < -0.4 is 10.2 Å². The zero-order valence-electron chi connectivity index (χ0n) is 18.4. The zero-order valence-corrected chi connectivity index (χ0v) is 19.2. The summed E-state index contributed by atoms with van der Waals surface area (Å²) >= 11 is -0.756. The molecule has 0 saturated carbocycles. The Hall–Kier alpha value is -3.43. The third-order valence-corrected chi connectivity index (χ3v) is 5.90. The highest BCUT2D eigenvalue weighted by atomic mass is 32.2. The van der Waals surface area contributed by atoms with E-state index in [-0.39, 0.29) is 5.92 Å². The molecule has 32 heavy (non-hydrogen) atoms. The number of ether oxygens (including phenoxy) is 1. The fraction of sp³-hybridized carbons (Fsp3) is 0.217. The molecule has 9 heteroatoms. The molecule has 1 atom stereocenters. The van der Waals surface area contributed by atoms with Crippen LogP contribution in [0.4, 0.5) is 5.82 Å². The Labute approximate surface area is 189 Å². The SMILES string of the molecule is COc1cccc(-n2nc(C(C)C)c3c(N/N=C/c4ccc([S+](C)O)cc4)ncnc32)c1. The molecule has 0 fully saturated rings. The zero-order chi connectivity index (χ0) is 22.7. The van der Waals surface area contributed by atoms with Gasteiger partial charge in [0, 0.05) is 6.07 Å². The molecule has 8 nitrogen and oxygen atoms in total. The van der Waals surface area contributed by atoms with E-state index in [4.69, 9.17) is 9.84 Å². The molecule has 1 unspecified atom stereocenters. The lowest BCUT2D eigenvalue weighted by Gasteiger charge is -2.06. The summed E-state index contributed by atoms with van der Waals surface area (Å²) in [6.45, 7) is 4.17. The number of hydrogen-bond donors (Lipinski definition) is 2. The summed E-state index contributed by atoms with van der Waals surface area (Å²) in [7, 11) is 1.64. The van der Waals surface area contributed by atoms with Gasteiger partial charge in [0.15, 0.2) is 27.5 Å². The molecule has 0 saturated heterocycles. The highest BCUT2D eigenvalue weighted by molar-refractivity contribution is 7.90. The lowest BCUT2D eigenvalue weighted by molar-refractivity contribution is 0.414. The first-order valence-electron chi connectivity index (χ1n) is 10.1. The van der Waals surface area contributed by atoms with Crippen molar-refractivity contribution < 1.29 is 9.29 Å². The maximum Gasteiger partial charge on any atom is 0.189 e. The van der Waals surface area contributed by atoms with Crippen molar-refractivity contribution in [3.05, 3.63) is 66.1 Å². The molecule has 164 valence electrons. The van der Waals surface area contributed by atoms with Crippen molar-refractivity contribution in [3.63, 3.8) is 0 Å². The minimum atomic E-state index is -0.756. The number of nitrogens with zero attached hydrogens (tertiary/aromatic N) is 5. The van der Waals surface area contributed by atoms with Gasteiger partial charge in [0.25, 0.3) is 0 Å². The topological polar surface area (TPSA) is 97.5 Å². The minimum Gasteiger partial charge on any atom is -0.497 e. The highest BCUT2D eigenvalue weighted by Gasteiger charge is 2.20. The van der Waals surface area contributed by atoms with Crippen molar-refractivity contribution in [3.8, 4) is 11.4 Å². The molecule has 0 aliphatic carbocycles. The van der Waals surface area contributed by atoms with Crippen molar-refractivity contribution in [1.29, 1.82) is 0 Å². The summed E-state index contributed by atoms with van der Waals surface area (Å²) in [6, 6.07) is 15.3. The highest BCUT2D eigenvalue weighted by Crippen LogP contribution is 2.31. The van der Waals surface area contributed by atoms with E-state index >= 15 is 0 Å². The van der Waals surface area contributed by atoms with Crippen LogP contribution >= 0.6 is 0 Å². The van der Waals surface area contributed by atoms with Crippen molar-refractivity contribution in [2.45, 2.75) is 24.7 Å². The number of anilines is 1. The standard InChI is InChI=1S/C23H25N6O2S/c1-15(2)21-20-22(27-26-13-16-8-10-19(11-9-16)32(4)30)24-14-25-23(20)29(28-21)17-6-5-7-18(12-17)31-3/h5-15,30H,1-4H3,(H,24,25,27)/q+1/b26-13+. The molecular weight excluding hydrogens is 424 g/mol. The predicted molar refractivity (Wildman–Crippen MR) is 129 cm³/mol. The maximum absolute atomic E-state index is 9.68. The van der Waals surface area contributed by atoms with Gasteiger partial charge in [0.05, 0.1) is 30.1 Å². The molecule has 0 spiro atoms. The first kappa shape index (κ1) is 21.8. The van der Waals surface area contributed by atoms with Gasteiger partial charge in [-0.05, 0) is 47.9 Å². The molecule has 0 radical (unpaired) electrons. The lowest BCUT2D eigenvalue weighted by Crippen LogP contribution is -2.00. The minimum absolute atomic E-state index is 0.161. The van der Waals surface area contributed by atoms with Crippen molar-refractivity contribution in [2.75, 3.05) is 18.8 Å². The summed E-state index contributed by atoms with van der Waals surface area (Å²) in [5, 5.41) is 10.0. The summed E-state index contributed by atoms with van der Waals surface area (Å²) in [6.07, 6.45) is 4.98. The van der Waals surface area contributed by atoms with E-state index < -0.39 is 11.2 Å². The summed E-state index contributed by atoms with van der Waals surface area (Å²) in [5.41, 5.74) is 6.38. The van der Waals surface area contributed by atoms with Gasteiger partial charge >= 0.3 is 0 Å². The van der Waals surface area contributed by atoms with Crippen LogP contribution in [0.3, 0.4) is 0 Å². The maximum atomic E-state index is 9.68. The number of benzene rings is 2. The first-order valence-corrected chi connectivity index (χ1v) is 11.7. The van der Waals surface area contributed by atoms with Crippen LogP contribution in [0, 0.1) is 0 Å². The smallest absolute Gasteiger partial charge is 0.189 e. The Kier molecular flexibility index (Phi) is 6.38. The van der Waals surface area contributed by atoms with Gasteiger partial charge in [-0.3, -0.25) is 5.43 Å². The lowest BCUT2D eigenvalue weighted by atomic mass is 10.1. The molecule has 0 aliphatic heterocycles. The Morgan fingerprint density at radius 1 is 1.16 bits per heavy atom. The van der Waals surface area contributed by atoms with Gasteiger partial charge in [-0.15, -0.1) is 0 Å². The van der Waals surface area contributed by atoms with Gasteiger partial charge in [0.1, 0.15) is 18.3 Å². The largest absolute Gasteiger partial charge is 0.497 e. The summed E-state index contributed by atoms with van der Waals surface area (Å²) < 4.78 is 16.8. The molecule has 0 bridgehead atoms. The van der Waals surface area contributed by atoms with E-state index in [1.54, 1.807) is 24.3 Å². The molecule has 2 aromatic heterocycles. The average molecular weight is 450 g/mol. The molecule has 0 aliphatic rings. The van der Waals surface area contributed by atoms with E-state index in [2.05, 4.69) is 34.3 Å². The quantitative estimate of drug-likeness (QED) is 0.245. The van der Waals surface area contributed by atoms with Crippen LogP contribution in [0.25, 0.3) is 16.7 Å². The van der Waals surface area contributed by atoms with Gasteiger partial charge in [-0.25, -0.2) is 14.6 Å². The van der Waals surface area contributed by atoms with E-state index in [1.807, 2.05) is 48.5 Å². The molecule has 2 N–H and O–H groups in total. The number of hydrogen-bond acceptors (Lipinski definition) is 7. The van der Waals surface area contributed by atoms with Crippen LogP contribution in [0.15, 0.2) is 64.9 Å². The second-order valence-electron chi connectivity index (χ2n) is 7.49. The summed E-state index contributed by atoms with van der Waals surface area (Å²) in [5.74, 6) is 1.50. The van der Waals surface area contributed by atoms with Crippen LogP contribution in [-0.4, -0.2) is 43.9 Å². The van der Waals surface area contributed by atoms with Gasteiger partial charge < -0.3 is 4.74 Å². The van der Waals surface area contributed by atoms with Crippen LogP contribution in [-0.2, 0) is 11.2 Å². The van der Waals surface area contributed by atoms with E-state index in [1.165, 1.54) is 6.33 Å². The van der Waals surface area contributed by atoms with E-state index in [0.29, 0.717) is 11.5 Å². The van der Waals surface area contributed by atoms with Crippen molar-refractivity contribution in [2.24, 2.45) is 5.10 Å². The molecule has 0 amide bonds. The normalized spacial score (nSPS) is 12.6. The Morgan fingerprint density at radius 3 is 2.62 bits per heavy atom. The molecular formula is C23H25N6O2S+. The Morgan fingerprint density at radius 2 is 1.94 bits per heavy atom. The third-order valence-electron chi connectivity index (χ3n) is 4.94. The Balaban J connectivity index is 1.70. The molecule has 2 aromatic carbocycles. The monoisotopic (exact) mass is 449 g/mol. The molecule has 4 aromatic rings. The third kappa shape index (κ3) is 4.44. The van der Waals surface area contributed by atoms with Gasteiger partial charge in [-0.1, -0.05) is 19.9 Å². The first-order chi connectivity index (χ1) is 15.5. The van der Waals surface area contributed by atoms with E-state index in [0.717, 1.165) is 33.0 Å². The molecule has 2 heterocycles. The fourth-order valence-electron chi connectivity index (χ4n) is 3.31. The van der Waals surface area contributed by atoms with Gasteiger partial charge in [-0.2, -0.15) is 14.8 Å². The van der Waals surface area contributed by atoms with Crippen molar-refractivity contribution in [1.82, 2.24) is 19.7 Å². The number of nitrogens with one attached hydrogen (secondary N) is 1. The number of rotatable bonds is 7. The second-order valence-corrected chi connectivity index (χ2v) is 8.92. The number of fused-ring (bicyclic) bond motifs is 1. The number of aromatic nitrogens is 4.